The maximum absolute atomic E-state index is 6.24. The molecule has 1 aliphatic heterocycles. The lowest BCUT2D eigenvalue weighted by atomic mass is 10.1. The van der Waals surface area contributed by atoms with E-state index in [1.807, 2.05) is 41.8 Å². The van der Waals surface area contributed by atoms with Crippen LogP contribution in [0.3, 0.4) is 0 Å². The van der Waals surface area contributed by atoms with Crippen molar-refractivity contribution in [2.75, 3.05) is 45.1 Å². The quantitative estimate of drug-likeness (QED) is 0.450. The number of imidazole rings is 1. The van der Waals surface area contributed by atoms with Crippen LogP contribution in [0.2, 0.25) is 0 Å². The molecule has 0 aliphatic carbocycles. The van der Waals surface area contributed by atoms with Gasteiger partial charge in [-0.2, -0.15) is 0 Å². The van der Waals surface area contributed by atoms with Crippen molar-refractivity contribution in [2.45, 2.75) is 13.5 Å². The van der Waals surface area contributed by atoms with E-state index in [0.29, 0.717) is 30.4 Å². The zero-order chi connectivity index (χ0) is 21.9. The fourth-order valence-electron chi connectivity index (χ4n) is 4.08. The highest BCUT2D eigenvalue weighted by atomic mass is 16.6. The van der Waals surface area contributed by atoms with Crippen molar-refractivity contribution in [3.05, 3.63) is 36.5 Å². The fourth-order valence-corrected chi connectivity index (χ4v) is 4.08. The molecule has 10 heteroatoms. The van der Waals surface area contributed by atoms with Gasteiger partial charge in [0.2, 0.25) is 0 Å². The standard InChI is InChI=1S/C22H26N8O2/c1-2-30-20-16(31-13-12-29-10-8-24-9-11-29)14-25-17(15-6-4-3-5-7-15)18(20)26-22(30)19-21(23)28-32-27-19/h3-7,14,24H,2,8-13H2,1H3,(H2,23,28). The lowest BCUT2D eigenvalue weighted by Crippen LogP contribution is -2.44. The molecule has 1 saturated heterocycles. The third-order valence-electron chi connectivity index (χ3n) is 5.70. The lowest BCUT2D eigenvalue weighted by molar-refractivity contribution is 0.192. The van der Waals surface area contributed by atoms with Crippen LogP contribution in [0.25, 0.3) is 33.8 Å². The fraction of sp³-hybridized carbons (Fsp3) is 0.364. The van der Waals surface area contributed by atoms with Gasteiger partial charge in [-0.25, -0.2) is 14.6 Å². The molecule has 32 heavy (non-hydrogen) atoms. The maximum Gasteiger partial charge on any atom is 0.199 e. The zero-order valence-corrected chi connectivity index (χ0v) is 18.0. The van der Waals surface area contributed by atoms with E-state index in [4.69, 9.17) is 25.1 Å². The van der Waals surface area contributed by atoms with E-state index < -0.39 is 0 Å². The van der Waals surface area contributed by atoms with E-state index in [1.54, 1.807) is 6.20 Å². The molecule has 0 radical (unpaired) electrons. The molecule has 1 fully saturated rings. The Bertz CT molecular complexity index is 1200. The molecule has 3 aromatic heterocycles. The van der Waals surface area contributed by atoms with Gasteiger partial charge in [0.15, 0.2) is 23.1 Å². The van der Waals surface area contributed by atoms with Crippen LogP contribution in [0.5, 0.6) is 5.75 Å². The molecule has 5 rings (SSSR count). The predicted molar refractivity (Wildman–Crippen MR) is 121 cm³/mol. The molecule has 0 bridgehead atoms. The molecule has 166 valence electrons. The van der Waals surface area contributed by atoms with Crippen molar-refractivity contribution in [1.29, 1.82) is 0 Å². The second-order valence-corrected chi connectivity index (χ2v) is 7.65. The van der Waals surface area contributed by atoms with Crippen molar-refractivity contribution >= 4 is 16.9 Å². The first-order chi connectivity index (χ1) is 15.8. The van der Waals surface area contributed by atoms with E-state index in [0.717, 1.165) is 55.0 Å². The van der Waals surface area contributed by atoms with Crippen LogP contribution in [0.1, 0.15) is 6.92 Å². The third-order valence-corrected chi connectivity index (χ3v) is 5.70. The molecule has 4 heterocycles. The summed E-state index contributed by atoms with van der Waals surface area (Å²) in [5.74, 6) is 1.47. The Morgan fingerprint density at radius 1 is 1.12 bits per heavy atom. The highest BCUT2D eigenvalue weighted by Crippen LogP contribution is 2.36. The van der Waals surface area contributed by atoms with E-state index in [1.165, 1.54) is 0 Å². The third kappa shape index (κ3) is 3.78. The minimum absolute atomic E-state index is 0.199. The van der Waals surface area contributed by atoms with Gasteiger partial charge in [-0.05, 0) is 17.2 Å². The SMILES string of the molecule is CCn1c(-c2nonc2N)nc2c(-c3ccccc3)ncc(OCCN3CCNCC3)c21. The number of aryl methyl sites for hydroxylation is 1. The Balaban J connectivity index is 1.58. The van der Waals surface area contributed by atoms with Crippen LogP contribution >= 0.6 is 0 Å². The molecule has 10 nitrogen and oxygen atoms in total. The van der Waals surface area contributed by atoms with Gasteiger partial charge in [0.05, 0.1) is 11.9 Å². The van der Waals surface area contributed by atoms with Crippen molar-refractivity contribution < 1.29 is 9.37 Å². The summed E-state index contributed by atoms with van der Waals surface area (Å²) >= 11 is 0. The Morgan fingerprint density at radius 3 is 2.66 bits per heavy atom. The number of pyridine rings is 1. The van der Waals surface area contributed by atoms with Gasteiger partial charge in [-0.1, -0.05) is 30.3 Å². The molecule has 1 aliphatic rings. The Labute approximate surface area is 185 Å². The molecular weight excluding hydrogens is 408 g/mol. The van der Waals surface area contributed by atoms with E-state index in [9.17, 15) is 0 Å². The molecule has 0 spiro atoms. The largest absolute Gasteiger partial charge is 0.488 e. The Kier molecular flexibility index (Phi) is 5.70. The smallest absolute Gasteiger partial charge is 0.199 e. The number of hydrogen-bond acceptors (Lipinski definition) is 9. The molecule has 0 unspecified atom stereocenters. The summed E-state index contributed by atoms with van der Waals surface area (Å²) in [5, 5.41) is 11.1. The van der Waals surface area contributed by atoms with Crippen molar-refractivity contribution in [3.8, 4) is 28.5 Å². The number of ether oxygens (including phenoxy) is 1. The van der Waals surface area contributed by atoms with Crippen LogP contribution in [-0.2, 0) is 6.54 Å². The van der Waals surface area contributed by atoms with Crippen molar-refractivity contribution in [2.24, 2.45) is 0 Å². The van der Waals surface area contributed by atoms with Gasteiger partial charge in [0, 0.05) is 44.8 Å². The van der Waals surface area contributed by atoms with E-state index in [-0.39, 0.29) is 5.82 Å². The van der Waals surface area contributed by atoms with Gasteiger partial charge in [0.25, 0.3) is 0 Å². The van der Waals surface area contributed by atoms with Crippen LogP contribution in [-0.4, -0.2) is 69.1 Å². The number of nitrogen functional groups attached to an aromatic ring is 1. The number of fused-ring (bicyclic) bond motifs is 1. The van der Waals surface area contributed by atoms with Gasteiger partial charge in [-0.3, -0.25) is 4.90 Å². The predicted octanol–water partition coefficient (Wildman–Crippen LogP) is 2.03. The number of anilines is 1. The summed E-state index contributed by atoms with van der Waals surface area (Å²) in [6.07, 6.45) is 1.78. The lowest BCUT2D eigenvalue weighted by Gasteiger charge is -2.27. The van der Waals surface area contributed by atoms with Crippen molar-refractivity contribution in [3.63, 3.8) is 0 Å². The summed E-state index contributed by atoms with van der Waals surface area (Å²) in [6.45, 7) is 8.19. The van der Waals surface area contributed by atoms with E-state index >= 15 is 0 Å². The number of nitrogens with zero attached hydrogens (tertiary/aromatic N) is 6. The number of hydrogen-bond donors (Lipinski definition) is 2. The average Bonchev–Trinajstić information content (AvgIpc) is 3.43. The van der Waals surface area contributed by atoms with Gasteiger partial charge in [-0.15, -0.1) is 0 Å². The summed E-state index contributed by atoms with van der Waals surface area (Å²) in [5.41, 5.74) is 9.74. The van der Waals surface area contributed by atoms with Gasteiger partial charge < -0.3 is 20.4 Å². The number of aromatic nitrogens is 5. The van der Waals surface area contributed by atoms with Gasteiger partial charge >= 0.3 is 0 Å². The van der Waals surface area contributed by atoms with Gasteiger partial charge in [0.1, 0.15) is 17.6 Å². The molecular formula is C22H26N8O2. The highest BCUT2D eigenvalue weighted by molar-refractivity contribution is 5.95. The van der Waals surface area contributed by atoms with Crippen LogP contribution in [0.4, 0.5) is 5.82 Å². The summed E-state index contributed by atoms with van der Waals surface area (Å²) < 4.78 is 13.1. The zero-order valence-electron chi connectivity index (χ0n) is 18.0. The first kappa shape index (κ1) is 20.4. The maximum atomic E-state index is 6.24. The molecule has 4 aromatic rings. The first-order valence-corrected chi connectivity index (χ1v) is 10.8. The average molecular weight is 435 g/mol. The highest BCUT2D eigenvalue weighted by Gasteiger charge is 2.24. The molecule has 0 atom stereocenters. The minimum atomic E-state index is 0.199. The minimum Gasteiger partial charge on any atom is -0.488 e. The molecule has 0 amide bonds. The second kappa shape index (κ2) is 8.93. The number of rotatable bonds is 7. The second-order valence-electron chi connectivity index (χ2n) is 7.65. The monoisotopic (exact) mass is 434 g/mol. The Hall–Kier alpha value is -3.50. The topological polar surface area (TPSA) is 120 Å². The van der Waals surface area contributed by atoms with E-state index in [2.05, 4.69) is 20.5 Å². The van der Waals surface area contributed by atoms with Crippen LogP contribution in [0, 0.1) is 0 Å². The van der Waals surface area contributed by atoms with Crippen LogP contribution < -0.4 is 15.8 Å². The molecule has 3 N–H and O–H groups in total. The summed E-state index contributed by atoms with van der Waals surface area (Å²) in [6, 6.07) is 9.98. The molecule has 0 saturated carbocycles. The summed E-state index contributed by atoms with van der Waals surface area (Å²) in [7, 11) is 0. The first-order valence-electron chi connectivity index (χ1n) is 10.8. The Morgan fingerprint density at radius 2 is 1.94 bits per heavy atom. The summed E-state index contributed by atoms with van der Waals surface area (Å²) in [4.78, 5) is 12.0. The van der Waals surface area contributed by atoms with Crippen LogP contribution in [0.15, 0.2) is 41.2 Å². The number of piperazine rings is 1. The number of benzene rings is 1. The number of nitrogens with one attached hydrogen (secondary N) is 1. The molecule has 1 aromatic carbocycles. The number of nitrogens with two attached hydrogens (primary N) is 1. The normalized spacial score (nSPS) is 14.8. The van der Waals surface area contributed by atoms with Crippen molar-refractivity contribution in [1.82, 2.24) is 35.1 Å².